The maximum atomic E-state index is 13.7. The first-order valence-corrected chi connectivity index (χ1v) is 12.1. The zero-order valence-electron chi connectivity index (χ0n) is 20.0. The van der Waals surface area contributed by atoms with Gasteiger partial charge in [0, 0.05) is 43.7 Å². The smallest absolute Gasteiger partial charge is 0.254 e. The molecule has 3 heterocycles. The van der Waals surface area contributed by atoms with Gasteiger partial charge < -0.3 is 14.4 Å². The van der Waals surface area contributed by atoms with Gasteiger partial charge in [-0.2, -0.15) is 0 Å². The number of aryl methyl sites for hydroxylation is 1. The van der Waals surface area contributed by atoms with Crippen LogP contribution < -0.4 is 9.47 Å². The van der Waals surface area contributed by atoms with Crippen LogP contribution in [0.4, 0.5) is 4.39 Å². The van der Waals surface area contributed by atoms with Crippen molar-refractivity contribution in [2.75, 3.05) is 33.0 Å². The van der Waals surface area contributed by atoms with E-state index in [0.29, 0.717) is 24.3 Å². The van der Waals surface area contributed by atoms with E-state index in [-0.39, 0.29) is 18.5 Å². The highest BCUT2D eigenvalue weighted by Crippen LogP contribution is 2.33. The molecule has 0 N–H and O–H groups in total. The third-order valence-corrected chi connectivity index (χ3v) is 6.84. The molecule has 1 saturated heterocycles. The second kappa shape index (κ2) is 9.24. The van der Waals surface area contributed by atoms with Crippen LogP contribution in [0.1, 0.15) is 21.5 Å². The Balaban J connectivity index is 1.22. The van der Waals surface area contributed by atoms with E-state index in [1.54, 1.807) is 12.1 Å². The zero-order chi connectivity index (χ0) is 24.6. The summed E-state index contributed by atoms with van der Waals surface area (Å²) in [7, 11) is 0. The van der Waals surface area contributed by atoms with Crippen molar-refractivity contribution in [3.05, 3.63) is 89.2 Å². The molecule has 0 unspecified atom stereocenters. The van der Waals surface area contributed by atoms with Gasteiger partial charge in [0.2, 0.25) is 6.79 Å². The minimum Gasteiger partial charge on any atom is -0.454 e. The van der Waals surface area contributed by atoms with Gasteiger partial charge in [-0.3, -0.25) is 9.69 Å². The van der Waals surface area contributed by atoms with E-state index >= 15 is 0 Å². The fourth-order valence-corrected chi connectivity index (χ4v) is 4.86. The average molecular weight is 484 g/mol. The van der Waals surface area contributed by atoms with Crippen molar-refractivity contribution in [2.24, 2.45) is 0 Å². The molecule has 0 radical (unpaired) electrons. The van der Waals surface area contributed by atoms with Crippen molar-refractivity contribution in [2.45, 2.75) is 13.5 Å². The predicted molar refractivity (Wildman–Crippen MR) is 136 cm³/mol. The largest absolute Gasteiger partial charge is 0.454 e. The number of fused-ring (bicyclic) bond motifs is 2. The summed E-state index contributed by atoms with van der Waals surface area (Å²) < 4.78 is 24.4. The van der Waals surface area contributed by atoms with Crippen LogP contribution in [0.15, 0.2) is 66.7 Å². The number of aromatic nitrogens is 1. The molecular formula is C29H26FN3O3. The van der Waals surface area contributed by atoms with E-state index in [0.717, 1.165) is 53.2 Å². The van der Waals surface area contributed by atoms with Crippen molar-refractivity contribution >= 4 is 16.8 Å². The Morgan fingerprint density at radius 2 is 1.69 bits per heavy atom. The molecule has 7 heteroatoms. The average Bonchev–Trinajstić information content (AvgIpc) is 3.37. The van der Waals surface area contributed by atoms with Crippen LogP contribution >= 0.6 is 0 Å². The third kappa shape index (κ3) is 4.38. The van der Waals surface area contributed by atoms with Crippen LogP contribution in [-0.4, -0.2) is 53.7 Å². The number of benzene rings is 3. The lowest BCUT2D eigenvalue weighted by molar-refractivity contribution is 0.0630. The monoisotopic (exact) mass is 483 g/mol. The second-order valence-corrected chi connectivity index (χ2v) is 9.34. The highest BCUT2D eigenvalue weighted by Gasteiger charge is 2.25. The van der Waals surface area contributed by atoms with Crippen molar-refractivity contribution in [1.82, 2.24) is 14.8 Å². The lowest BCUT2D eigenvalue weighted by Gasteiger charge is -2.35. The van der Waals surface area contributed by atoms with Gasteiger partial charge in [-0.1, -0.05) is 17.7 Å². The van der Waals surface area contributed by atoms with Crippen LogP contribution in [0.5, 0.6) is 11.5 Å². The Morgan fingerprint density at radius 1 is 0.917 bits per heavy atom. The molecule has 6 rings (SSSR count). The molecule has 36 heavy (non-hydrogen) atoms. The van der Waals surface area contributed by atoms with Crippen molar-refractivity contribution in [3.8, 4) is 22.8 Å². The number of carbonyl (C=O) groups is 1. The Kier molecular flexibility index (Phi) is 5.77. The minimum atomic E-state index is -0.301. The fraction of sp³-hybridized carbons (Fsp3) is 0.241. The maximum absolute atomic E-state index is 13.7. The first-order valence-electron chi connectivity index (χ1n) is 12.1. The van der Waals surface area contributed by atoms with E-state index in [4.69, 9.17) is 14.5 Å². The highest BCUT2D eigenvalue weighted by molar-refractivity contribution is 6.07. The van der Waals surface area contributed by atoms with Crippen LogP contribution in [0, 0.1) is 12.7 Å². The first-order chi connectivity index (χ1) is 17.5. The summed E-state index contributed by atoms with van der Waals surface area (Å²) in [5.74, 6) is 1.27. The van der Waals surface area contributed by atoms with Gasteiger partial charge in [0.25, 0.3) is 5.91 Å². The number of rotatable bonds is 4. The van der Waals surface area contributed by atoms with E-state index in [1.165, 1.54) is 17.7 Å². The SMILES string of the molecule is Cc1ccc2nc(-c3ccc(F)cc3)cc(C(=O)N3CCN(Cc4ccc5c(c4)OCO5)CC3)c2c1. The first kappa shape index (κ1) is 22.5. The quantitative estimate of drug-likeness (QED) is 0.407. The molecule has 1 amide bonds. The molecule has 4 aromatic rings. The fourth-order valence-electron chi connectivity index (χ4n) is 4.86. The van der Waals surface area contributed by atoms with Gasteiger partial charge in [0.05, 0.1) is 16.8 Å². The molecule has 2 aliphatic heterocycles. The second-order valence-electron chi connectivity index (χ2n) is 9.34. The predicted octanol–water partition coefficient (Wildman–Crippen LogP) is 5.04. The lowest BCUT2D eigenvalue weighted by Crippen LogP contribution is -2.48. The van der Waals surface area contributed by atoms with E-state index < -0.39 is 0 Å². The van der Waals surface area contributed by atoms with E-state index in [2.05, 4.69) is 11.0 Å². The van der Waals surface area contributed by atoms with Crippen LogP contribution in [0.25, 0.3) is 22.2 Å². The molecule has 0 aliphatic carbocycles. The van der Waals surface area contributed by atoms with Gasteiger partial charge in [-0.25, -0.2) is 9.37 Å². The number of amides is 1. The number of nitrogens with zero attached hydrogens (tertiary/aromatic N) is 3. The summed E-state index contributed by atoms with van der Waals surface area (Å²) in [6.07, 6.45) is 0. The molecule has 1 fully saturated rings. The number of ether oxygens (including phenoxy) is 2. The van der Waals surface area contributed by atoms with E-state index in [1.807, 2.05) is 48.2 Å². The Labute approximate surface area is 208 Å². The minimum absolute atomic E-state index is 0.000841. The van der Waals surface area contributed by atoms with Gasteiger partial charge >= 0.3 is 0 Å². The van der Waals surface area contributed by atoms with Crippen LogP contribution in [0.3, 0.4) is 0 Å². The summed E-state index contributed by atoms with van der Waals surface area (Å²) in [6.45, 7) is 5.93. The topological polar surface area (TPSA) is 54.9 Å². The van der Waals surface area contributed by atoms with Crippen LogP contribution in [-0.2, 0) is 6.54 Å². The molecular weight excluding hydrogens is 457 g/mol. The molecule has 0 atom stereocenters. The van der Waals surface area contributed by atoms with Gasteiger partial charge in [-0.05, 0) is 67.1 Å². The number of carbonyl (C=O) groups excluding carboxylic acids is 1. The molecule has 0 saturated carbocycles. The summed E-state index contributed by atoms with van der Waals surface area (Å²) in [5.41, 5.74) is 5.07. The van der Waals surface area contributed by atoms with Crippen molar-refractivity contribution < 1.29 is 18.7 Å². The summed E-state index contributed by atoms with van der Waals surface area (Å²) in [6, 6.07) is 20.1. The molecule has 6 nitrogen and oxygen atoms in total. The molecule has 3 aromatic carbocycles. The summed E-state index contributed by atoms with van der Waals surface area (Å²) >= 11 is 0. The Hall–Kier alpha value is -3.97. The number of pyridine rings is 1. The van der Waals surface area contributed by atoms with Crippen molar-refractivity contribution in [3.63, 3.8) is 0 Å². The van der Waals surface area contributed by atoms with Gasteiger partial charge in [-0.15, -0.1) is 0 Å². The molecule has 0 bridgehead atoms. The number of hydrogen-bond acceptors (Lipinski definition) is 5. The van der Waals surface area contributed by atoms with Gasteiger partial charge in [0.15, 0.2) is 11.5 Å². The highest BCUT2D eigenvalue weighted by atomic mass is 19.1. The zero-order valence-corrected chi connectivity index (χ0v) is 20.0. The standard InChI is InChI=1S/C29H26FN3O3/c1-19-2-8-25-23(14-19)24(16-26(31-25)21-4-6-22(30)7-5-21)29(34)33-12-10-32(11-13-33)17-20-3-9-27-28(15-20)36-18-35-27/h2-9,14-16H,10-13,17-18H2,1H3. The molecule has 2 aliphatic rings. The lowest BCUT2D eigenvalue weighted by atomic mass is 10.0. The Bertz CT molecular complexity index is 1450. The summed E-state index contributed by atoms with van der Waals surface area (Å²) in [5, 5.41) is 0.841. The maximum Gasteiger partial charge on any atom is 0.254 e. The number of halogens is 1. The van der Waals surface area contributed by atoms with Crippen molar-refractivity contribution in [1.29, 1.82) is 0 Å². The molecule has 0 spiro atoms. The van der Waals surface area contributed by atoms with Gasteiger partial charge in [0.1, 0.15) is 5.82 Å². The van der Waals surface area contributed by atoms with E-state index in [9.17, 15) is 9.18 Å². The number of hydrogen-bond donors (Lipinski definition) is 0. The third-order valence-electron chi connectivity index (χ3n) is 6.84. The normalized spacial score (nSPS) is 15.4. The number of piperazine rings is 1. The Morgan fingerprint density at radius 3 is 2.50 bits per heavy atom. The summed E-state index contributed by atoms with van der Waals surface area (Å²) in [4.78, 5) is 22.8. The molecule has 1 aromatic heterocycles. The van der Waals surface area contributed by atoms with Crippen LogP contribution in [0.2, 0.25) is 0 Å². The molecule has 182 valence electrons.